The van der Waals surface area contributed by atoms with E-state index in [4.69, 9.17) is 5.11 Å². The van der Waals surface area contributed by atoms with Crippen LogP contribution in [-0.4, -0.2) is 5.11 Å². The molecule has 0 amide bonds. The Kier molecular flexibility index (Phi) is 1.88. The molecule has 0 aliphatic carbocycles. The first-order valence-electron chi connectivity index (χ1n) is 2.91. The van der Waals surface area contributed by atoms with E-state index in [1.165, 1.54) is 9.75 Å². The summed E-state index contributed by atoms with van der Waals surface area (Å²) in [5, 5.41) is 8.74. The molecule has 1 heterocycles. The van der Waals surface area contributed by atoms with Gasteiger partial charge in [0.05, 0.1) is 6.61 Å². The van der Waals surface area contributed by atoms with Gasteiger partial charge in [0.15, 0.2) is 0 Å². The highest BCUT2D eigenvalue weighted by atomic mass is 32.1. The Labute approximate surface area is 59.0 Å². The average molecular weight is 142 g/mol. The van der Waals surface area contributed by atoms with Crippen molar-refractivity contribution in [2.75, 3.05) is 0 Å². The molecule has 0 aromatic carbocycles. The number of aliphatic hydroxyl groups excluding tert-OH is 1. The Bertz CT molecular complexity index is 203. The molecule has 1 nitrogen and oxygen atoms in total. The van der Waals surface area contributed by atoms with E-state index in [9.17, 15) is 0 Å². The highest BCUT2D eigenvalue weighted by Crippen LogP contribution is 2.19. The van der Waals surface area contributed by atoms with Gasteiger partial charge in [-0.3, -0.25) is 0 Å². The number of thiophene rings is 1. The third-order valence-corrected chi connectivity index (χ3v) is 2.32. The van der Waals surface area contributed by atoms with Gasteiger partial charge in [-0.2, -0.15) is 0 Å². The summed E-state index contributed by atoms with van der Waals surface area (Å²) in [6.07, 6.45) is 0. The lowest BCUT2D eigenvalue weighted by atomic mass is 10.3. The summed E-state index contributed by atoms with van der Waals surface area (Å²) in [5.41, 5.74) is 1.07. The van der Waals surface area contributed by atoms with Crippen molar-refractivity contribution in [3.05, 3.63) is 21.4 Å². The fourth-order valence-electron chi connectivity index (χ4n) is 0.840. The molecule has 0 aliphatic heterocycles. The SMILES string of the molecule is Cc1cc(CO)c(C)s1. The second-order valence-corrected chi connectivity index (χ2v) is 3.56. The molecule has 0 saturated carbocycles. The van der Waals surface area contributed by atoms with Crippen LogP contribution in [0.1, 0.15) is 15.3 Å². The van der Waals surface area contributed by atoms with Crippen LogP contribution in [0, 0.1) is 13.8 Å². The van der Waals surface area contributed by atoms with Crippen LogP contribution < -0.4 is 0 Å². The average Bonchev–Trinajstić information content (AvgIpc) is 2.10. The zero-order chi connectivity index (χ0) is 6.85. The first kappa shape index (κ1) is 6.78. The zero-order valence-corrected chi connectivity index (χ0v) is 6.46. The molecule has 0 bridgehead atoms. The molecule has 0 unspecified atom stereocenters. The lowest BCUT2D eigenvalue weighted by Crippen LogP contribution is -1.78. The van der Waals surface area contributed by atoms with Crippen LogP contribution in [-0.2, 0) is 6.61 Å². The van der Waals surface area contributed by atoms with Crippen molar-refractivity contribution in [1.82, 2.24) is 0 Å². The first-order chi connectivity index (χ1) is 4.24. The quantitative estimate of drug-likeness (QED) is 0.634. The van der Waals surface area contributed by atoms with Gasteiger partial charge in [-0.1, -0.05) is 0 Å². The Morgan fingerprint density at radius 2 is 2.22 bits per heavy atom. The summed E-state index contributed by atoms with van der Waals surface area (Å²) >= 11 is 1.73. The predicted molar refractivity (Wildman–Crippen MR) is 39.7 cm³/mol. The normalized spacial score (nSPS) is 10.1. The van der Waals surface area contributed by atoms with E-state index in [1.54, 1.807) is 11.3 Å². The monoisotopic (exact) mass is 142 g/mol. The highest BCUT2D eigenvalue weighted by molar-refractivity contribution is 7.12. The van der Waals surface area contributed by atoms with Gasteiger partial charge in [0.1, 0.15) is 0 Å². The molecule has 1 aromatic rings. The summed E-state index contributed by atoms with van der Waals surface area (Å²) < 4.78 is 0. The van der Waals surface area contributed by atoms with Crippen LogP contribution in [0.4, 0.5) is 0 Å². The topological polar surface area (TPSA) is 20.2 Å². The number of hydrogen-bond donors (Lipinski definition) is 1. The van der Waals surface area contributed by atoms with Crippen molar-refractivity contribution < 1.29 is 5.11 Å². The maximum atomic E-state index is 8.74. The van der Waals surface area contributed by atoms with E-state index in [0.717, 1.165) is 5.56 Å². The van der Waals surface area contributed by atoms with E-state index in [0.29, 0.717) is 0 Å². The second kappa shape index (κ2) is 2.50. The van der Waals surface area contributed by atoms with Gasteiger partial charge in [0.2, 0.25) is 0 Å². The van der Waals surface area contributed by atoms with Crippen molar-refractivity contribution in [3.8, 4) is 0 Å². The first-order valence-corrected chi connectivity index (χ1v) is 3.72. The van der Waals surface area contributed by atoms with Crippen LogP contribution in [0.3, 0.4) is 0 Å². The molecule has 1 rings (SSSR count). The van der Waals surface area contributed by atoms with Crippen molar-refractivity contribution in [1.29, 1.82) is 0 Å². The van der Waals surface area contributed by atoms with Gasteiger partial charge in [-0.15, -0.1) is 11.3 Å². The molecule has 1 aromatic heterocycles. The summed E-state index contributed by atoms with van der Waals surface area (Å²) in [7, 11) is 0. The third kappa shape index (κ3) is 1.32. The van der Waals surface area contributed by atoms with E-state index >= 15 is 0 Å². The van der Waals surface area contributed by atoms with Crippen molar-refractivity contribution in [2.24, 2.45) is 0 Å². The van der Waals surface area contributed by atoms with Gasteiger partial charge in [-0.25, -0.2) is 0 Å². The molecule has 0 aliphatic rings. The van der Waals surface area contributed by atoms with Crippen LogP contribution >= 0.6 is 11.3 Å². The molecular formula is C7H10OS. The lowest BCUT2D eigenvalue weighted by Gasteiger charge is -1.87. The van der Waals surface area contributed by atoms with E-state index in [1.807, 2.05) is 13.0 Å². The third-order valence-electron chi connectivity index (χ3n) is 1.31. The van der Waals surface area contributed by atoms with Crippen molar-refractivity contribution in [2.45, 2.75) is 20.5 Å². The minimum atomic E-state index is 0.177. The zero-order valence-electron chi connectivity index (χ0n) is 5.64. The lowest BCUT2D eigenvalue weighted by molar-refractivity contribution is 0.281. The van der Waals surface area contributed by atoms with E-state index in [2.05, 4.69) is 6.92 Å². The maximum Gasteiger partial charge on any atom is 0.0692 e. The Balaban J connectivity index is 3.01. The Morgan fingerprint density at radius 3 is 2.44 bits per heavy atom. The summed E-state index contributed by atoms with van der Waals surface area (Å²) in [4.78, 5) is 2.51. The smallest absolute Gasteiger partial charge is 0.0692 e. The summed E-state index contributed by atoms with van der Waals surface area (Å²) in [5.74, 6) is 0. The van der Waals surface area contributed by atoms with E-state index in [-0.39, 0.29) is 6.61 Å². The van der Waals surface area contributed by atoms with Crippen LogP contribution in [0.15, 0.2) is 6.07 Å². The number of rotatable bonds is 1. The molecule has 1 N–H and O–H groups in total. The number of aryl methyl sites for hydroxylation is 2. The standard InChI is InChI=1S/C7H10OS/c1-5-3-7(4-8)6(2)9-5/h3,8H,4H2,1-2H3. The van der Waals surface area contributed by atoms with E-state index < -0.39 is 0 Å². The fourth-order valence-corrected chi connectivity index (χ4v) is 1.78. The van der Waals surface area contributed by atoms with Gasteiger partial charge >= 0.3 is 0 Å². The van der Waals surface area contributed by atoms with Crippen LogP contribution in [0.2, 0.25) is 0 Å². The Morgan fingerprint density at radius 1 is 1.56 bits per heavy atom. The maximum absolute atomic E-state index is 8.74. The van der Waals surface area contributed by atoms with Crippen LogP contribution in [0.25, 0.3) is 0 Å². The highest BCUT2D eigenvalue weighted by Gasteiger charge is 1.98. The van der Waals surface area contributed by atoms with Gasteiger partial charge in [0, 0.05) is 9.75 Å². The largest absolute Gasteiger partial charge is 0.392 e. The molecule has 0 atom stereocenters. The molecule has 0 radical (unpaired) electrons. The fraction of sp³-hybridized carbons (Fsp3) is 0.429. The molecule has 9 heavy (non-hydrogen) atoms. The van der Waals surface area contributed by atoms with Gasteiger partial charge < -0.3 is 5.11 Å². The molecule has 2 heteroatoms. The molecular weight excluding hydrogens is 132 g/mol. The van der Waals surface area contributed by atoms with Crippen LogP contribution in [0.5, 0.6) is 0 Å². The summed E-state index contributed by atoms with van der Waals surface area (Å²) in [6.45, 7) is 4.26. The van der Waals surface area contributed by atoms with Crippen molar-refractivity contribution >= 4 is 11.3 Å². The molecule has 0 saturated heterocycles. The number of hydrogen-bond acceptors (Lipinski definition) is 2. The van der Waals surface area contributed by atoms with Gasteiger partial charge in [0.25, 0.3) is 0 Å². The van der Waals surface area contributed by atoms with Crippen molar-refractivity contribution in [3.63, 3.8) is 0 Å². The Hall–Kier alpha value is -0.340. The molecule has 0 fully saturated rings. The molecule has 0 spiro atoms. The minimum absolute atomic E-state index is 0.177. The predicted octanol–water partition coefficient (Wildman–Crippen LogP) is 1.86. The molecule has 50 valence electrons. The minimum Gasteiger partial charge on any atom is -0.392 e. The second-order valence-electron chi connectivity index (χ2n) is 2.10. The summed E-state index contributed by atoms with van der Waals surface area (Å²) in [6, 6.07) is 2.03. The van der Waals surface area contributed by atoms with Gasteiger partial charge in [-0.05, 0) is 25.5 Å². The number of aliphatic hydroxyl groups is 1.